The van der Waals surface area contributed by atoms with Gasteiger partial charge < -0.3 is 10.2 Å². The van der Waals surface area contributed by atoms with Crippen LogP contribution in [0.5, 0.6) is 0 Å². The number of hydrogen-bond donors (Lipinski definition) is 1. The van der Waals surface area contributed by atoms with Crippen molar-refractivity contribution in [1.82, 2.24) is 14.5 Å². The minimum atomic E-state index is -3.53. The van der Waals surface area contributed by atoms with Crippen LogP contribution in [0.1, 0.15) is 30.4 Å². The van der Waals surface area contributed by atoms with Gasteiger partial charge in [-0.15, -0.1) is 0 Å². The Morgan fingerprint density at radius 1 is 1.19 bits per heavy atom. The van der Waals surface area contributed by atoms with Crippen LogP contribution in [0.3, 0.4) is 0 Å². The summed E-state index contributed by atoms with van der Waals surface area (Å²) in [6.45, 7) is 1.82. The predicted molar refractivity (Wildman–Crippen MR) is 107 cm³/mol. The zero-order chi connectivity index (χ0) is 19.3. The molecular weight excluding hydrogens is 382 g/mol. The Morgan fingerprint density at radius 2 is 1.93 bits per heavy atom. The van der Waals surface area contributed by atoms with E-state index in [1.165, 1.54) is 0 Å². The molecule has 0 atom stereocenters. The molecule has 8 heteroatoms. The van der Waals surface area contributed by atoms with E-state index in [2.05, 4.69) is 5.32 Å². The first-order valence-electron chi connectivity index (χ1n) is 9.06. The van der Waals surface area contributed by atoms with Gasteiger partial charge in [0.2, 0.25) is 10.0 Å². The van der Waals surface area contributed by atoms with Crippen LogP contribution in [-0.2, 0) is 23.1 Å². The number of amides is 2. The molecule has 6 nitrogen and oxygen atoms in total. The SMILES string of the molecule is CN(Cc1ccsc1)C(=O)NCc1ccccc1S(=O)(=O)N1CCCCC1. The number of hydrogen-bond acceptors (Lipinski definition) is 4. The third-order valence-electron chi connectivity index (χ3n) is 4.68. The second-order valence-corrected chi connectivity index (χ2v) is 9.41. The van der Waals surface area contributed by atoms with Crippen LogP contribution < -0.4 is 5.32 Å². The summed E-state index contributed by atoms with van der Waals surface area (Å²) in [5.74, 6) is 0. The fourth-order valence-electron chi connectivity index (χ4n) is 3.18. The molecule has 2 heterocycles. The van der Waals surface area contributed by atoms with Gasteiger partial charge in [0.25, 0.3) is 0 Å². The maximum atomic E-state index is 13.0. The second-order valence-electron chi connectivity index (χ2n) is 6.72. The Hall–Kier alpha value is -1.90. The minimum Gasteiger partial charge on any atom is -0.334 e. The highest BCUT2D eigenvalue weighted by molar-refractivity contribution is 7.89. The lowest BCUT2D eigenvalue weighted by Crippen LogP contribution is -2.38. The highest BCUT2D eigenvalue weighted by Crippen LogP contribution is 2.23. The first kappa shape index (κ1) is 19.9. The highest BCUT2D eigenvalue weighted by atomic mass is 32.2. The van der Waals surface area contributed by atoms with Crippen molar-refractivity contribution in [2.75, 3.05) is 20.1 Å². The zero-order valence-corrected chi connectivity index (χ0v) is 17.1. The molecule has 1 aliphatic heterocycles. The van der Waals surface area contributed by atoms with Crippen LogP contribution >= 0.6 is 11.3 Å². The predicted octanol–water partition coefficient (Wildman–Crippen LogP) is 3.26. The van der Waals surface area contributed by atoms with Crippen molar-refractivity contribution in [1.29, 1.82) is 0 Å². The number of sulfonamides is 1. The summed E-state index contributed by atoms with van der Waals surface area (Å²) in [7, 11) is -1.81. The number of rotatable bonds is 6. The molecule has 2 aromatic rings. The number of thiophene rings is 1. The molecule has 2 amide bonds. The Balaban J connectivity index is 1.68. The quantitative estimate of drug-likeness (QED) is 0.799. The van der Waals surface area contributed by atoms with Crippen molar-refractivity contribution >= 4 is 27.4 Å². The second kappa shape index (κ2) is 8.86. The molecule has 0 unspecified atom stereocenters. The number of benzene rings is 1. The van der Waals surface area contributed by atoms with Gasteiger partial charge in [-0.25, -0.2) is 13.2 Å². The number of piperidine rings is 1. The van der Waals surface area contributed by atoms with E-state index in [1.807, 2.05) is 16.8 Å². The van der Waals surface area contributed by atoms with Gasteiger partial charge in [0.1, 0.15) is 0 Å². The van der Waals surface area contributed by atoms with Gasteiger partial charge in [-0.05, 0) is 46.9 Å². The number of urea groups is 1. The van der Waals surface area contributed by atoms with Gasteiger partial charge in [0, 0.05) is 33.2 Å². The van der Waals surface area contributed by atoms with Crippen LogP contribution in [0, 0.1) is 0 Å². The molecule has 0 bridgehead atoms. The lowest BCUT2D eigenvalue weighted by atomic mass is 10.2. The Labute approximate surface area is 164 Å². The topological polar surface area (TPSA) is 69.7 Å². The summed E-state index contributed by atoms with van der Waals surface area (Å²) in [4.78, 5) is 14.2. The molecule has 27 heavy (non-hydrogen) atoms. The van der Waals surface area contributed by atoms with Gasteiger partial charge in [-0.3, -0.25) is 0 Å². The molecule has 1 fully saturated rings. The molecule has 3 rings (SSSR count). The van der Waals surface area contributed by atoms with Crippen LogP contribution in [-0.4, -0.2) is 43.8 Å². The monoisotopic (exact) mass is 407 g/mol. The van der Waals surface area contributed by atoms with Crippen molar-refractivity contribution < 1.29 is 13.2 Å². The lowest BCUT2D eigenvalue weighted by Gasteiger charge is -2.27. The normalized spacial score (nSPS) is 15.4. The third kappa shape index (κ3) is 4.88. The minimum absolute atomic E-state index is 0.177. The zero-order valence-electron chi connectivity index (χ0n) is 15.4. The maximum Gasteiger partial charge on any atom is 0.317 e. The van der Waals surface area contributed by atoms with Crippen LogP contribution in [0.4, 0.5) is 4.79 Å². The van der Waals surface area contributed by atoms with E-state index in [-0.39, 0.29) is 17.5 Å². The van der Waals surface area contributed by atoms with Crippen molar-refractivity contribution in [2.45, 2.75) is 37.2 Å². The van der Waals surface area contributed by atoms with Gasteiger partial charge in [-0.1, -0.05) is 24.6 Å². The molecular formula is C19H25N3O3S2. The summed E-state index contributed by atoms with van der Waals surface area (Å²) in [6.07, 6.45) is 2.86. The fraction of sp³-hybridized carbons (Fsp3) is 0.421. The third-order valence-corrected chi connectivity index (χ3v) is 7.41. The summed E-state index contributed by atoms with van der Waals surface area (Å²) < 4.78 is 27.6. The fourth-order valence-corrected chi connectivity index (χ4v) is 5.58. The molecule has 0 spiro atoms. The molecule has 1 aromatic carbocycles. The Kier molecular flexibility index (Phi) is 6.51. The van der Waals surface area contributed by atoms with Crippen molar-refractivity contribution in [3.63, 3.8) is 0 Å². The van der Waals surface area contributed by atoms with Gasteiger partial charge >= 0.3 is 6.03 Å². The van der Waals surface area contributed by atoms with Crippen molar-refractivity contribution in [3.8, 4) is 0 Å². The van der Waals surface area contributed by atoms with Gasteiger partial charge in [0.05, 0.1) is 4.90 Å². The average Bonchev–Trinajstić information content (AvgIpc) is 3.20. The molecule has 1 saturated heterocycles. The summed E-state index contributed by atoms with van der Waals surface area (Å²) in [5.41, 5.74) is 1.69. The van der Waals surface area contributed by atoms with Crippen LogP contribution in [0.15, 0.2) is 46.0 Å². The molecule has 146 valence electrons. The molecule has 0 aliphatic carbocycles. The van der Waals surface area contributed by atoms with E-state index >= 15 is 0 Å². The maximum absolute atomic E-state index is 13.0. The van der Waals surface area contributed by atoms with E-state index < -0.39 is 10.0 Å². The Bertz CT molecular complexity index is 860. The largest absolute Gasteiger partial charge is 0.334 e. The van der Waals surface area contributed by atoms with E-state index in [1.54, 1.807) is 51.9 Å². The van der Waals surface area contributed by atoms with E-state index in [4.69, 9.17) is 0 Å². The van der Waals surface area contributed by atoms with Gasteiger partial charge in [-0.2, -0.15) is 15.6 Å². The van der Waals surface area contributed by atoms with Crippen molar-refractivity contribution in [3.05, 3.63) is 52.2 Å². The van der Waals surface area contributed by atoms with E-state index in [0.717, 1.165) is 24.8 Å². The van der Waals surface area contributed by atoms with Crippen molar-refractivity contribution in [2.24, 2.45) is 0 Å². The number of nitrogens with zero attached hydrogens (tertiary/aromatic N) is 2. The average molecular weight is 408 g/mol. The van der Waals surface area contributed by atoms with E-state index in [0.29, 0.717) is 25.2 Å². The number of nitrogens with one attached hydrogen (secondary N) is 1. The first-order valence-corrected chi connectivity index (χ1v) is 11.4. The highest BCUT2D eigenvalue weighted by Gasteiger charge is 2.28. The molecule has 1 aliphatic rings. The summed E-state index contributed by atoms with van der Waals surface area (Å²) >= 11 is 1.59. The number of carbonyl (C=O) groups excluding carboxylic acids is 1. The Morgan fingerprint density at radius 3 is 2.63 bits per heavy atom. The van der Waals surface area contributed by atoms with Crippen LogP contribution in [0.25, 0.3) is 0 Å². The molecule has 0 radical (unpaired) electrons. The molecule has 1 N–H and O–H groups in total. The molecule has 1 aromatic heterocycles. The summed E-state index contributed by atoms with van der Waals surface area (Å²) in [5, 5.41) is 6.81. The van der Waals surface area contributed by atoms with E-state index in [9.17, 15) is 13.2 Å². The first-order chi connectivity index (χ1) is 13.0. The smallest absolute Gasteiger partial charge is 0.317 e. The molecule has 0 saturated carbocycles. The lowest BCUT2D eigenvalue weighted by molar-refractivity contribution is 0.206. The number of carbonyl (C=O) groups is 1. The van der Waals surface area contributed by atoms with Crippen LogP contribution in [0.2, 0.25) is 0 Å². The standard InChI is InChI=1S/C19H25N3O3S2/c1-21(14-16-9-12-26-15-16)19(23)20-13-17-7-3-4-8-18(17)27(24,25)22-10-5-2-6-11-22/h3-4,7-9,12,15H,2,5-6,10-11,13-14H2,1H3,(H,20,23). The van der Waals surface area contributed by atoms with Gasteiger partial charge in [0.15, 0.2) is 0 Å². The summed E-state index contributed by atoms with van der Waals surface area (Å²) in [6, 6.07) is 8.66.